The Kier molecular flexibility index (Phi) is 3.75. The number of nitrogens with one attached hydrogen (secondary N) is 2. The SMILES string of the molecule is Cc1nc(C)c(C(=O)Nc2cccc(CNC3CC3)c2)o1. The van der Waals surface area contributed by atoms with Crippen molar-refractivity contribution in [3.05, 3.63) is 47.2 Å². The monoisotopic (exact) mass is 285 g/mol. The maximum atomic E-state index is 12.2. The second-order valence-corrected chi connectivity index (χ2v) is 5.46. The molecule has 1 aliphatic rings. The van der Waals surface area contributed by atoms with E-state index in [-0.39, 0.29) is 11.7 Å². The second-order valence-electron chi connectivity index (χ2n) is 5.46. The van der Waals surface area contributed by atoms with E-state index in [1.54, 1.807) is 13.8 Å². The topological polar surface area (TPSA) is 67.2 Å². The summed E-state index contributed by atoms with van der Waals surface area (Å²) in [6.45, 7) is 4.32. The average molecular weight is 285 g/mol. The third-order valence-corrected chi connectivity index (χ3v) is 3.47. The molecule has 5 nitrogen and oxygen atoms in total. The van der Waals surface area contributed by atoms with Crippen LogP contribution in [0.2, 0.25) is 0 Å². The van der Waals surface area contributed by atoms with Crippen LogP contribution in [0.5, 0.6) is 0 Å². The molecule has 0 saturated heterocycles. The van der Waals surface area contributed by atoms with Crippen LogP contribution < -0.4 is 10.6 Å². The summed E-state index contributed by atoms with van der Waals surface area (Å²) in [5, 5.41) is 6.31. The highest BCUT2D eigenvalue weighted by Crippen LogP contribution is 2.20. The minimum Gasteiger partial charge on any atom is -0.436 e. The normalized spacial score (nSPS) is 14.2. The maximum Gasteiger partial charge on any atom is 0.293 e. The highest BCUT2D eigenvalue weighted by Gasteiger charge is 2.20. The molecule has 5 heteroatoms. The Bertz CT molecular complexity index is 659. The van der Waals surface area contributed by atoms with Crippen LogP contribution in [-0.2, 0) is 6.54 Å². The molecule has 0 atom stereocenters. The largest absolute Gasteiger partial charge is 0.436 e. The van der Waals surface area contributed by atoms with E-state index < -0.39 is 0 Å². The van der Waals surface area contributed by atoms with Gasteiger partial charge in [0.05, 0.1) is 5.69 Å². The van der Waals surface area contributed by atoms with Crippen molar-refractivity contribution in [2.75, 3.05) is 5.32 Å². The number of oxazole rings is 1. The van der Waals surface area contributed by atoms with E-state index in [4.69, 9.17) is 4.42 Å². The fourth-order valence-electron chi connectivity index (χ4n) is 2.24. The first-order chi connectivity index (χ1) is 10.1. The quantitative estimate of drug-likeness (QED) is 0.886. The van der Waals surface area contributed by atoms with Crippen LogP contribution >= 0.6 is 0 Å². The highest BCUT2D eigenvalue weighted by atomic mass is 16.4. The van der Waals surface area contributed by atoms with Crippen molar-refractivity contribution in [1.82, 2.24) is 10.3 Å². The highest BCUT2D eigenvalue weighted by molar-refractivity contribution is 6.02. The number of nitrogens with zero attached hydrogens (tertiary/aromatic N) is 1. The zero-order chi connectivity index (χ0) is 14.8. The van der Waals surface area contributed by atoms with Crippen molar-refractivity contribution < 1.29 is 9.21 Å². The van der Waals surface area contributed by atoms with Gasteiger partial charge in [0.2, 0.25) is 5.76 Å². The second kappa shape index (κ2) is 5.69. The van der Waals surface area contributed by atoms with Gasteiger partial charge in [-0.1, -0.05) is 12.1 Å². The minimum absolute atomic E-state index is 0.264. The van der Waals surface area contributed by atoms with E-state index in [1.165, 1.54) is 12.8 Å². The number of hydrogen-bond acceptors (Lipinski definition) is 4. The van der Waals surface area contributed by atoms with E-state index in [0.717, 1.165) is 17.8 Å². The van der Waals surface area contributed by atoms with Gasteiger partial charge in [0.15, 0.2) is 5.89 Å². The molecule has 0 bridgehead atoms. The van der Waals surface area contributed by atoms with Crippen molar-refractivity contribution in [1.29, 1.82) is 0 Å². The number of amides is 1. The lowest BCUT2D eigenvalue weighted by molar-refractivity contribution is 0.0994. The predicted octanol–water partition coefficient (Wildman–Crippen LogP) is 2.80. The van der Waals surface area contributed by atoms with E-state index in [0.29, 0.717) is 17.6 Å². The van der Waals surface area contributed by atoms with Crippen molar-refractivity contribution in [2.45, 2.75) is 39.3 Å². The molecule has 1 saturated carbocycles. The lowest BCUT2D eigenvalue weighted by Gasteiger charge is -2.07. The number of benzene rings is 1. The molecule has 2 aromatic rings. The Morgan fingerprint density at radius 2 is 2.19 bits per heavy atom. The van der Waals surface area contributed by atoms with E-state index in [9.17, 15) is 4.79 Å². The smallest absolute Gasteiger partial charge is 0.293 e. The molecule has 0 radical (unpaired) electrons. The van der Waals surface area contributed by atoms with Gasteiger partial charge >= 0.3 is 0 Å². The fourth-order valence-corrected chi connectivity index (χ4v) is 2.24. The number of hydrogen-bond donors (Lipinski definition) is 2. The molecule has 3 rings (SSSR count). The summed E-state index contributed by atoms with van der Waals surface area (Å²) in [5.41, 5.74) is 2.53. The van der Waals surface area contributed by atoms with Gasteiger partial charge in [-0.15, -0.1) is 0 Å². The van der Waals surface area contributed by atoms with Crippen LogP contribution in [0.15, 0.2) is 28.7 Å². The van der Waals surface area contributed by atoms with Crippen LogP contribution in [0, 0.1) is 13.8 Å². The molecule has 1 fully saturated rings. The molecule has 1 aromatic heterocycles. The summed E-state index contributed by atoms with van der Waals surface area (Å²) in [6, 6.07) is 8.51. The molecular weight excluding hydrogens is 266 g/mol. The number of anilines is 1. The fraction of sp³-hybridized carbons (Fsp3) is 0.375. The van der Waals surface area contributed by atoms with E-state index in [2.05, 4.69) is 21.7 Å². The third-order valence-electron chi connectivity index (χ3n) is 3.47. The molecule has 1 aromatic carbocycles. The summed E-state index contributed by atoms with van der Waals surface area (Å²) in [7, 11) is 0. The summed E-state index contributed by atoms with van der Waals surface area (Å²) < 4.78 is 5.33. The molecule has 110 valence electrons. The van der Waals surface area contributed by atoms with Gasteiger partial charge in [-0.05, 0) is 37.5 Å². The minimum atomic E-state index is -0.264. The molecule has 0 unspecified atom stereocenters. The Morgan fingerprint density at radius 1 is 1.38 bits per heavy atom. The number of aryl methyl sites for hydroxylation is 2. The van der Waals surface area contributed by atoms with Crippen LogP contribution in [-0.4, -0.2) is 16.9 Å². The number of carbonyl (C=O) groups is 1. The van der Waals surface area contributed by atoms with Crippen molar-refractivity contribution in [2.24, 2.45) is 0 Å². The van der Waals surface area contributed by atoms with Crippen molar-refractivity contribution >= 4 is 11.6 Å². The van der Waals surface area contributed by atoms with Crippen LogP contribution in [0.4, 0.5) is 5.69 Å². The molecule has 0 aliphatic heterocycles. The Labute approximate surface area is 123 Å². The van der Waals surface area contributed by atoms with Crippen LogP contribution in [0.1, 0.15) is 40.5 Å². The summed E-state index contributed by atoms with van der Waals surface area (Å²) in [5.74, 6) is 0.509. The van der Waals surface area contributed by atoms with Gasteiger partial charge in [-0.3, -0.25) is 4.79 Å². The Balaban J connectivity index is 1.67. The molecule has 21 heavy (non-hydrogen) atoms. The van der Waals surface area contributed by atoms with Gasteiger partial charge in [0.25, 0.3) is 5.91 Å². The lowest BCUT2D eigenvalue weighted by atomic mass is 10.2. The van der Waals surface area contributed by atoms with Gasteiger partial charge in [-0.25, -0.2) is 4.98 Å². The Morgan fingerprint density at radius 3 is 2.86 bits per heavy atom. The predicted molar refractivity (Wildman–Crippen MR) is 80.2 cm³/mol. The van der Waals surface area contributed by atoms with Crippen molar-refractivity contribution in [3.8, 4) is 0 Å². The molecular formula is C16H19N3O2. The first-order valence-corrected chi connectivity index (χ1v) is 7.19. The standard InChI is InChI=1S/C16H19N3O2/c1-10-15(21-11(2)18-10)16(20)19-14-5-3-4-12(8-14)9-17-13-6-7-13/h3-5,8,13,17H,6-7,9H2,1-2H3,(H,19,20). The van der Waals surface area contributed by atoms with Crippen LogP contribution in [0.3, 0.4) is 0 Å². The van der Waals surface area contributed by atoms with Crippen LogP contribution in [0.25, 0.3) is 0 Å². The van der Waals surface area contributed by atoms with E-state index in [1.807, 2.05) is 18.2 Å². The first kappa shape index (κ1) is 13.8. The van der Waals surface area contributed by atoms with Gasteiger partial charge < -0.3 is 15.1 Å². The maximum absolute atomic E-state index is 12.2. The first-order valence-electron chi connectivity index (χ1n) is 7.19. The number of rotatable bonds is 5. The molecule has 2 N–H and O–H groups in total. The molecule has 1 heterocycles. The number of carbonyl (C=O) groups excluding carboxylic acids is 1. The Hall–Kier alpha value is -2.14. The zero-order valence-electron chi connectivity index (χ0n) is 12.3. The lowest BCUT2D eigenvalue weighted by Crippen LogP contribution is -2.16. The molecule has 0 spiro atoms. The average Bonchev–Trinajstić information content (AvgIpc) is 3.21. The van der Waals surface area contributed by atoms with Gasteiger partial charge in [0.1, 0.15) is 0 Å². The molecule has 1 amide bonds. The van der Waals surface area contributed by atoms with Crippen molar-refractivity contribution in [3.63, 3.8) is 0 Å². The zero-order valence-corrected chi connectivity index (χ0v) is 12.3. The van der Waals surface area contributed by atoms with E-state index >= 15 is 0 Å². The third kappa shape index (κ3) is 3.49. The molecule has 1 aliphatic carbocycles. The van der Waals surface area contributed by atoms with Gasteiger partial charge in [0, 0.05) is 25.2 Å². The summed E-state index contributed by atoms with van der Waals surface area (Å²) in [4.78, 5) is 16.3. The summed E-state index contributed by atoms with van der Waals surface area (Å²) >= 11 is 0. The summed E-state index contributed by atoms with van der Waals surface area (Å²) in [6.07, 6.45) is 2.53. The number of aromatic nitrogens is 1. The van der Waals surface area contributed by atoms with Gasteiger partial charge in [-0.2, -0.15) is 0 Å².